The Balaban J connectivity index is 2.56. The van der Waals surface area contributed by atoms with Crippen molar-refractivity contribution in [1.29, 1.82) is 0 Å². The molecule has 1 aliphatic rings. The number of hydrogen-bond donors (Lipinski definition) is 1. The van der Waals surface area contributed by atoms with Crippen molar-refractivity contribution in [2.45, 2.75) is 38.3 Å². The van der Waals surface area contributed by atoms with Crippen molar-refractivity contribution >= 4 is 5.97 Å². The van der Waals surface area contributed by atoms with E-state index < -0.39 is 11.1 Å². The highest BCUT2D eigenvalue weighted by Crippen LogP contribution is 2.43. The molecule has 0 bridgehead atoms. The zero-order chi connectivity index (χ0) is 14.1. The van der Waals surface area contributed by atoms with Crippen molar-refractivity contribution in [3.8, 4) is 5.75 Å². The van der Waals surface area contributed by atoms with E-state index in [1.165, 1.54) is 0 Å². The van der Waals surface area contributed by atoms with Crippen LogP contribution < -0.4 is 10.1 Å². The lowest BCUT2D eigenvalue weighted by molar-refractivity contribution is -0.155. The molecule has 0 saturated heterocycles. The summed E-state index contributed by atoms with van der Waals surface area (Å²) in [6.07, 6.45) is 0.534. The summed E-state index contributed by atoms with van der Waals surface area (Å²) in [5, 5.41) is 3.16. The maximum atomic E-state index is 12.5. The Morgan fingerprint density at radius 1 is 1.42 bits per heavy atom. The van der Waals surface area contributed by atoms with E-state index in [1.807, 2.05) is 45.0 Å². The van der Waals surface area contributed by atoms with Crippen LogP contribution in [0.25, 0.3) is 0 Å². The molecule has 0 spiro atoms. The molecule has 1 aliphatic heterocycles. The molecule has 1 heterocycles. The predicted molar refractivity (Wildman–Crippen MR) is 73.1 cm³/mol. The Kier molecular flexibility index (Phi) is 3.54. The van der Waals surface area contributed by atoms with Gasteiger partial charge in [0, 0.05) is 12.0 Å². The maximum Gasteiger partial charge on any atom is 0.331 e. The molecule has 1 aromatic rings. The predicted octanol–water partition coefficient (Wildman–Crippen LogP) is 2.23. The van der Waals surface area contributed by atoms with Crippen LogP contribution in [-0.4, -0.2) is 25.2 Å². The Morgan fingerprint density at radius 2 is 2.11 bits per heavy atom. The summed E-state index contributed by atoms with van der Waals surface area (Å²) in [5.41, 5.74) is -0.423. The minimum atomic E-state index is -0.839. The largest absolute Gasteiger partial charge is 0.487 e. The van der Waals surface area contributed by atoms with E-state index in [-0.39, 0.29) is 5.97 Å². The Hall–Kier alpha value is -1.55. The number of hydrogen-bond acceptors (Lipinski definition) is 4. The summed E-state index contributed by atoms with van der Waals surface area (Å²) >= 11 is 0. The second-order valence-corrected chi connectivity index (χ2v) is 5.41. The molecule has 19 heavy (non-hydrogen) atoms. The highest BCUT2D eigenvalue weighted by Gasteiger charge is 2.50. The number of benzene rings is 1. The van der Waals surface area contributed by atoms with Crippen LogP contribution in [0.2, 0.25) is 0 Å². The number of para-hydroxylation sites is 1. The van der Waals surface area contributed by atoms with Crippen LogP contribution in [-0.2, 0) is 15.1 Å². The first kappa shape index (κ1) is 13.9. The Labute approximate surface area is 114 Å². The van der Waals surface area contributed by atoms with Gasteiger partial charge in [0.1, 0.15) is 16.9 Å². The van der Waals surface area contributed by atoms with Gasteiger partial charge in [-0.3, -0.25) is 0 Å². The summed E-state index contributed by atoms with van der Waals surface area (Å²) in [5.74, 6) is 0.488. The van der Waals surface area contributed by atoms with Gasteiger partial charge >= 0.3 is 5.97 Å². The number of carbonyl (C=O) groups excluding carboxylic acids is 1. The maximum absolute atomic E-state index is 12.5. The van der Waals surface area contributed by atoms with E-state index >= 15 is 0 Å². The van der Waals surface area contributed by atoms with E-state index in [1.54, 1.807) is 7.05 Å². The van der Waals surface area contributed by atoms with Crippen LogP contribution in [0.1, 0.15) is 32.8 Å². The molecule has 1 N–H and O–H groups in total. The van der Waals surface area contributed by atoms with Gasteiger partial charge in [0.15, 0.2) is 0 Å². The first-order valence-corrected chi connectivity index (χ1v) is 6.60. The van der Waals surface area contributed by atoms with E-state index in [9.17, 15) is 4.79 Å². The summed E-state index contributed by atoms with van der Waals surface area (Å²) in [4.78, 5) is 12.5. The van der Waals surface area contributed by atoms with Crippen LogP contribution in [0.3, 0.4) is 0 Å². The van der Waals surface area contributed by atoms with Crippen LogP contribution in [0.5, 0.6) is 5.75 Å². The quantitative estimate of drug-likeness (QED) is 0.850. The van der Waals surface area contributed by atoms with Crippen molar-refractivity contribution in [2.24, 2.45) is 0 Å². The first-order chi connectivity index (χ1) is 8.95. The van der Waals surface area contributed by atoms with Gasteiger partial charge in [-0.25, -0.2) is 4.79 Å². The average molecular weight is 263 g/mol. The third kappa shape index (κ3) is 2.32. The third-order valence-corrected chi connectivity index (χ3v) is 3.47. The average Bonchev–Trinajstić information content (AvgIpc) is 2.36. The van der Waals surface area contributed by atoms with Gasteiger partial charge in [-0.1, -0.05) is 18.2 Å². The van der Waals surface area contributed by atoms with Gasteiger partial charge in [0.05, 0.1) is 6.61 Å². The second-order valence-electron chi connectivity index (χ2n) is 5.41. The van der Waals surface area contributed by atoms with Crippen LogP contribution >= 0.6 is 0 Å². The molecular formula is C15H21NO3. The van der Waals surface area contributed by atoms with E-state index in [4.69, 9.17) is 9.47 Å². The van der Waals surface area contributed by atoms with Gasteiger partial charge in [-0.05, 0) is 33.9 Å². The van der Waals surface area contributed by atoms with Gasteiger partial charge in [0.2, 0.25) is 0 Å². The fourth-order valence-electron chi connectivity index (χ4n) is 2.74. The minimum Gasteiger partial charge on any atom is -0.487 e. The monoisotopic (exact) mass is 263 g/mol. The number of fused-ring (bicyclic) bond motifs is 1. The molecule has 0 aliphatic carbocycles. The Morgan fingerprint density at radius 3 is 2.74 bits per heavy atom. The van der Waals surface area contributed by atoms with Gasteiger partial charge in [-0.15, -0.1) is 0 Å². The van der Waals surface area contributed by atoms with Crippen molar-refractivity contribution in [3.63, 3.8) is 0 Å². The molecule has 1 unspecified atom stereocenters. The molecular weight excluding hydrogens is 242 g/mol. The third-order valence-electron chi connectivity index (χ3n) is 3.47. The second kappa shape index (κ2) is 4.85. The number of likely N-dealkylation sites (N-methyl/N-ethyl adjacent to an activating group) is 1. The normalized spacial score (nSPS) is 24.2. The van der Waals surface area contributed by atoms with Crippen molar-refractivity contribution in [2.75, 3.05) is 13.7 Å². The lowest BCUT2D eigenvalue weighted by atomic mass is 9.77. The van der Waals surface area contributed by atoms with Crippen LogP contribution in [0, 0.1) is 0 Å². The van der Waals surface area contributed by atoms with Crippen molar-refractivity contribution in [3.05, 3.63) is 29.8 Å². The SMILES string of the molecule is CCOC(=O)C1(NC)CC(C)(C)Oc2ccccc21. The van der Waals surface area contributed by atoms with Gasteiger partial charge < -0.3 is 14.8 Å². The molecule has 0 fully saturated rings. The van der Waals surface area contributed by atoms with Crippen molar-refractivity contribution < 1.29 is 14.3 Å². The molecule has 1 aromatic carbocycles. The molecule has 0 radical (unpaired) electrons. The topological polar surface area (TPSA) is 47.6 Å². The molecule has 104 valence electrons. The zero-order valence-electron chi connectivity index (χ0n) is 11.9. The molecule has 4 nitrogen and oxygen atoms in total. The fraction of sp³-hybridized carbons (Fsp3) is 0.533. The summed E-state index contributed by atoms with van der Waals surface area (Å²) < 4.78 is 11.2. The number of rotatable bonds is 3. The summed E-state index contributed by atoms with van der Waals surface area (Å²) in [6.45, 7) is 6.14. The molecule has 0 aromatic heterocycles. The van der Waals surface area contributed by atoms with Crippen LogP contribution in [0.15, 0.2) is 24.3 Å². The minimum absolute atomic E-state index is 0.249. The molecule has 0 amide bonds. The molecule has 1 atom stereocenters. The number of carbonyl (C=O) groups is 1. The fourth-order valence-corrected chi connectivity index (χ4v) is 2.74. The molecule has 0 saturated carbocycles. The molecule has 4 heteroatoms. The Bertz CT molecular complexity index is 484. The summed E-state index contributed by atoms with van der Waals surface area (Å²) in [7, 11) is 1.79. The standard InChI is InChI=1S/C15H21NO3/c1-5-18-13(17)15(16-4)10-14(2,3)19-12-9-7-6-8-11(12)15/h6-9,16H,5,10H2,1-4H3. The lowest BCUT2D eigenvalue weighted by Gasteiger charge is -2.44. The van der Waals surface area contributed by atoms with E-state index in [0.29, 0.717) is 13.0 Å². The smallest absolute Gasteiger partial charge is 0.331 e. The first-order valence-electron chi connectivity index (χ1n) is 6.60. The van der Waals surface area contributed by atoms with Crippen molar-refractivity contribution in [1.82, 2.24) is 5.32 Å². The van der Waals surface area contributed by atoms with E-state index in [0.717, 1.165) is 11.3 Å². The summed E-state index contributed by atoms with van der Waals surface area (Å²) in [6, 6.07) is 7.62. The van der Waals surface area contributed by atoms with Crippen LogP contribution in [0.4, 0.5) is 0 Å². The van der Waals surface area contributed by atoms with E-state index in [2.05, 4.69) is 5.32 Å². The van der Waals surface area contributed by atoms with Gasteiger partial charge in [0.25, 0.3) is 0 Å². The lowest BCUT2D eigenvalue weighted by Crippen LogP contribution is -2.56. The van der Waals surface area contributed by atoms with Gasteiger partial charge in [-0.2, -0.15) is 0 Å². The number of ether oxygens (including phenoxy) is 2. The molecule has 2 rings (SSSR count). The number of esters is 1. The number of nitrogens with one attached hydrogen (secondary N) is 1. The highest BCUT2D eigenvalue weighted by atomic mass is 16.5. The zero-order valence-corrected chi connectivity index (χ0v) is 11.9. The highest BCUT2D eigenvalue weighted by molar-refractivity contribution is 5.84.